The van der Waals surface area contributed by atoms with Gasteiger partial charge in [-0.05, 0) is 282 Å². The van der Waals surface area contributed by atoms with Gasteiger partial charge in [0.2, 0.25) is 61.4 Å². The molecule has 7 heterocycles. The van der Waals surface area contributed by atoms with Crippen molar-refractivity contribution in [2.24, 2.45) is 35.3 Å². The number of nitrogens with zero attached hydrogens (tertiary/aromatic N) is 17. The lowest BCUT2D eigenvalue weighted by Gasteiger charge is -2.23. The van der Waals surface area contributed by atoms with Crippen molar-refractivity contribution in [1.29, 1.82) is 0 Å². The Morgan fingerprint density at radius 1 is 0.345 bits per heavy atom. The lowest BCUT2D eigenvalue weighted by Crippen LogP contribution is -2.35. The molecule has 5 saturated carbocycles. The molecule has 7 fully saturated rings. The third-order valence-corrected chi connectivity index (χ3v) is 26.3. The van der Waals surface area contributed by atoms with E-state index in [1.807, 2.05) is 6.08 Å². The van der Waals surface area contributed by atoms with Gasteiger partial charge in [0.05, 0.1) is 62.0 Å². The number of aromatic nitrogens is 15. The minimum Gasteiger partial charge on any atom is -0.494 e. The number of nitrogen functional groups attached to an aromatic ring is 1. The Balaban J connectivity index is 0.000000197. The zero-order valence-corrected chi connectivity index (χ0v) is 90.0. The van der Waals surface area contributed by atoms with Gasteiger partial charge in [-0.25, -0.2) is 22.0 Å². The second kappa shape index (κ2) is 67.3. The van der Waals surface area contributed by atoms with E-state index in [2.05, 4.69) is 143 Å². The molecule has 5 aliphatic carbocycles. The highest BCUT2D eigenvalue weighted by atomic mass is 35.5. The highest BCUT2D eigenvalue weighted by molar-refractivity contribution is 6.33. The summed E-state index contributed by atoms with van der Waals surface area (Å²) in [6.07, 6.45) is 39.0. The van der Waals surface area contributed by atoms with Crippen LogP contribution < -0.4 is 80.7 Å². The van der Waals surface area contributed by atoms with Crippen molar-refractivity contribution in [2.45, 2.75) is 225 Å². The number of methoxy groups -OCH3 is 5. The number of ether oxygens (including phenoxy) is 9. The number of halogens is 11. The molecule has 2 saturated heterocycles. The van der Waals surface area contributed by atoms with Gasteiger partial charge in [0, 0.05) is 90.5 Å². The van der Waals surface area contributed by atoms with Crippen molar-refractivity contribution >= 4 is 128 Å². The molecular formula is C103H141Cl6F5N24O10. The molecule has 148 heavy (non-hydrogen) atoms. The van der Waals surface area contributed by atoms with Gasteiger partial charge < -0.3 is 85.8 Å². The Bertz CT molecular complexity index is 5410. The van der Waals surface area contributed by atoms with Gasteiger partial charge in [0.25, 0.3) is 0 Å². The number of hydrogen-bond acceptors (Lipinski definition) is 34. The first-order valence-corrected chi connectivity index (χ1v) is 52.9. The number of nitrogens with one attached hydrogen (secondary N) is 5. The fourth-order valence-electron chi connectivity index (χ4n) is 17.3. The summed E-state index contributed by atoms with van der Waals surface area (Å²) in [4.78, 5) is 65.3. The monoisotopic (exact) mass is 2180 g/mol. The van der Waals surface area contributed by atoms with Crippen molar-refractivity contribution in [3.05, 3.63) is 164 Å². The minimum atomic E-state index is -0.526. The maximum absolute atomic E-state index is 14.1. The van der Waals surface area contributed by atoms with Gasteiger partial charge in [-0.1, -0.05) is 123 Å². The van der Waals surface area contributed by atoms with E-state index in [9.17, 15) is 22.0 Å². The molecule has 10 aromatic rings. The maximum Gasteiger partial charge on any atom is 0.323 e. The Morgan fingerprint density at radius 2 is 0.608 bits per heavy atom. The number of rotatable bonds is 33. The van der Waals surface area contributed by atoms with Crippen molar-refractivity contribution in [3.8, 4) is 52.8 Å². The van der Waals surface area contributed by atoms with E-state index in [4.69, 9.17) is 124 Å². The molecule has 2 unspecified atom stereocenters. The largest absolute Gasteiger partial charge is 0.494 e. The number of allylic oxidation sites excluding steroid dienone is 1. The van der Waals surface area contributed by atoms with Crippen LogP contribution in [0.25, 0.3) is 0 Å². The fourth-order valence-corrected chi connectivity index (χ4v) is 18.4. The zero-order valence-electron chi connectivity index (χ0n) is 85.5. The van der Waals surface area contributed by atoms with Crippen LogP contribution in [-0.4, -0.2) is 210 Å². The summed E-state index contributed by atoms with van der Waals surface area (Å²) in [6, 6.07) is 24.2. The topological polar surface area (TPSA) is 415 Å². The summed E-state index contributed by atoms with van der Waals surface area (Å²) >= 11 is 33.2. The molecule has 0 radical (unpaired) electrons. The molecule has 7 aliphatic rings. The summed E-state index contributed by atoms with van der Waals surface area (Å²) in [6.45, 7) is 18.9. The van der Waals surface area contributed by atoms with E-state index in [1.165, 1.54) is 257 Å². The lowest BCUT2D eigenvalue weighted by molar-refractivity contribution is 0.190. The standard InChI is InChI=1S/C24H27F2N5O3.C24H35FN6O2.C17H20ClFN4O2.C10H13Cl2N3O.C7H8FNO.C7H16N2.C7H14O.C4H8.C3Cl3N3/c1-32-20-10-8-16(12-18(20)25)27-22-29-23(28-17-9-11-21(33-2)19(26)13-17)31-24(30-22)34-14-15-6-4-3-5-7-15;1-3-31-13-7-10-19(31)15-26-22-28-23(27-18-11-12-21(32-2)20(25)14-18)30-24(29-22)33-16-17-8-5-4-6-9-17;1-24-14-8-7-12(9-13(14)19)20-16-21-15(18)22-17(23-16)25-10-11-5-3-2-4-6-11;11-8-13-9(12)15-10(14-8)16-6-7-4-2-1-3-5-7;1-10-7-3-2-5(9)4-6(7)8;1-2-9-5-3-4-7(9)6-8;8-6-7-4-2-1-3-5-7;1-3-4-2;4-1-7-2(5)9-3(6)8-1/h8-13,15H,3-7,14H2,1-2H3,(H2,27,28,29,30,31);11-12,14,17,19H,3-10,13,15-16H2,1-2H3,(H2,26,27,28,29,30);7-9,11H,2-6,10H2,1H3,(H,20,21,22,23);7H,1-6H2;2-4H,9H2,1H3;7H,2-6,8H2,1H3;7-8H,1-6H2;3H,1,4H2,2H3;. The molecule has 810 valence electrons. The van der Waals surface area contributed by atoms with E-state index < -0.39 is 29.1 Å². The first-order valence-electron chi connectivity index (χ1n) is 50.6. The van der Waals surface area contributed by atoms with Crippen LogP contribution in [0.2, 0.25) is 31.7 Å². The van der Waals surface area contributed by atoms with Gasteiger partial charge in [0.15, 0.2) is 57.8 Å². The van der Waals surface area contributed by atoms with Crippen LogP contribution in [0.5, 0.6) is 52.8 Å². The third-order valence-electron chi connectivity index (χ3n) is 25.3. The summed E-state index contributed by atoms with van der Waals surface area (Å²) in [5.74, 6) is 2.42. The minimum absolute atomic E-state index is 0.000000000000000444. The van der Waals surface area contributed by atoms with Crippen LogP contribution in [0, 0.1) is 58.7 Å². The molecule has 45 heteroatoms. The van der Waals surface area contributed by atoms with E-state index in [0.29, 0.717) is 115 Å². The highest BCUT2D eigenvalue weighted by Crippen LogP contribution is 2.35. The SMILES string of the molecule is C=CCC.CCN1CCCC1CN.CCN1CCCC1CNc1nc(Nc2ccc(OC)c(F)c2)nc(OCC2CCCCC2)n1.COc1ccc(N)cc1F.COc1ccc(Nc2nc(Cl)nc(OCC3CCCCC3)n2)cc1F.COc1ccc(Nc2nc(Nc3ccc(OC)c(F)c3)nc(OCC3CCCCC3)n2)cc1F.Clc1nc(Cl)nc(Cl)n1.Clc1nc(Cl)nc(OCC2CCCCC2)n1.OCC1CCCCC1. The van der Waals surface area contributed by atoms with Crippen molar-refractivity contribution < 1.29 is 69.7 Å². The number of anilines is 10. The zero-order chi connectivity index (χ0) is 106. The predicted octanol–water partition coefficient (Wildman–Crippen LogP) is 24.6. The molecule has 2 atom stereocenters. The van der Waals surface area contributed by atoms with Crippen LogP contribution in [0.15, 0.2) is 104 Å². The van der Waals surface area contributed by atoms with Crippen molar-refractivity contribution in [2.75, 3.05) is 140 Å². The van der Waals surface area contributed by atoms with E-state index in [-0.39, 0.29) is 102 Å². The Hall–Kier alpha value is -10.9. The molecule has 2 aliphatic heterocycles. The number of aliphatic hydroxyl groups excluding tert-OH is 1. The Kier molecular flexibility index (Phi) is 54.9. The van der Waals surface area contributed by atoms with Gasteiger partial charge in [-0.15, -0.1) is 6.58 Å². The number of nitrogens with two attached hydrogens (primary N) is 2. The number of benzene rings is 5. The first-order chi connectivity index (χ1) is 71.7. The fraction of sp³-hybridized carbons (Fsp3) is 0.544. The predicted molar refractivity (Wildman–Crippen MR) is 572 cm³/mol. The summed E-state index contributed by atoms with van der Waals surface area (Å²) in [7, 11) is 7.05. The van der Waals surface area contributed by atoms with E-state index >= 15 is 0 Å². The molecule has 10 N–H and O–H groups in total. The van der Waals surface area contributed by atoms with Crippen LogP contribution >= 0.6 is 69.6 Å². The first kappa shape index (κ1) is 121. The number of hydrogen-bond donors (Lipinski definition) is 8. The molecule has 0 spiro atoms. The molecule has 0 bridgehead atoms. The van der Waals surface area contributed by atoms with Gasteiger partial charge >= 0.3 is 24.0 Å². The number of likely N-dealkylation sites (tertiary alicyclic amines) is 2. The Labute approximate surface area is 894 Å². The van der Waals surface area contributed by atoms with Crippen LogP contribution in [0.3, 0.4) is 0 Å². The van der Waals surface area contributed by atoms with Crippen LogP contribution in [0.1, 0.15) is 213 Å². The number of likely N-dealkylation sites (N-methyl/N-ethyl adjacent to an activating group) is 2. The van der Waals surface area contributed by atoms with Crippen molar-refractivity contribution in [3.63, 3.8) is 0 Å². The number of aliphatic hydroxyl groups is 1. The lowest BCUT2D eigenvalue weighted by atomic mass is 9.90. The second-order valence-corrected chi connectivity index (χ2v) is 38.0. The van der Waals surface area contributed by atoms with Crippen molar-refractivity contribution in [1.82, 2.24) is 84.6 Å². The van der Waals surface area contributed by atoms with Gasteiger partial charge in [-0.2, -0.15) is 74.8 Å². The van der Waals surface area contributed by atoms with Crippen LogP contribution in [-0.2, 0) is 0 Å². The third kappa shape index (κ3) is 44.3. The van der Waals surface area contributed by atoms with Crippen LogP contribution in [0.4, 0.5) is 80.1 Å². The normalized spacial score (nSPS) is 16.4. The average molecular weight is 2180 g/mol. The molecule has 5 aromatic carbocycles. The molecule has 0 amide bonds. The highest BCUT2D eigenvalue weighted by Gasteiger charge is 2.27. The summed E-state index contributed by atoms with van der Waals surface area (Å²) in [5, 5.41) is 24.1. The Morgan fingerprint density at radius 3 is 0.892 bits per heavy atom. The summed E-state index contributed by atoms with van der Waals surface area (Å²) in [5.41, 5.74) is 13.1. The molecular weight excluding hydrogens is 2040 g/mol. The van der Waals surface area contributed by atoms with E-state index in [0.717, 1.165) is 64.7 Å². The quantitative estimate of drug-likeness (QED) is 0.0108. The van der Waals surface area contributed by atoms with E-state index in [1.54, 1.807) is 36.4 Å². The maximum atomic E-state index is 14.1. The molecule has 34 nitrogen and oxygen atoms in total. The second-order valence-electron chi connectivity index (χ2n) is 35.9. The summed E-state index contributed by atoms with van der Waals surface area (Å²) < 4.78 is 116. The average Bonchev–Trinajstić information content (AvgIpc) is 1.33. The van der Waals surface area contributed by atoms with Gasteiger partial charge in [-0.3, -0.25) is 9.80 Å². The molecule has 5 aromatic heterocycles. The molecule has 17 rings (SSSR count). The van der Waals surface area contributed by atoms with Gasteiger partial charge in [0.1, 0.15) is 0 Å². The smallest absolute Gasteiger partial charge is 0.323 e.